The minimum Gasteiger partial charge on any atom is -0.368 e. The highest BCUT2D eigenvalue weighted by Crippen LogP contribution is 2.19. The van der Waals surface area contributed by atoms with Crippen molar-refractivity contribution in [3.8, 4) is 0 Å². The van der Waals surface area contributed by atoms with Gasteiger partial charge in [0.25, 0.3) is 5.95 Å². The molecule has 1 N–H and O–H groups in total. The number of benzene rings is 1. The monoisotopic (exact) mass is 257 g/mol. The topological polar surface area (TPSA) is 53.9 Å². The average molecular weight is 257 g/mol. The third-order valence-electron chi connectivity index (χ3n) is 2.68. The first-order valence-electron chi connectivity index (χ1n) is 6.39. The van der Waals surface area contributed by atoms with Gasteiger partial charge >= 0.3 is 0 Å². The minimum atomic E-state index is 0.560. The van der Waals surface area contributed by atoms with Gasteiger partial charge in [0, 0.05) is 19.3 Å². The number of rotatable bonds is 5. The van der Waals surface area contributed by atoms with Gasteiger partial charge in [0.05, 0.1) is 6.20 Å². The van der Waals surface area contributed by atoms with Crippen LogP contribution in [-0.4, -0.2) is 28.8 Å². The van der Waals surface area contributed by atoms with Gasteiger partial charge in [-0.1, -0.05) is 32.0 Å². The fourth-order valence-electron chi connectivity index (χ4n) is 1.60. The number of aromatic nitrogens is 3. The molecule has 100 valence electrons. The van der Waals surface area contributed by atoms with Crippen LogP contribution in [0.15, 0.2) is 36.5 Å². The summed E-state index contributed by atoms with van der Waals surface area (Å²) < 4.78 is 0. The lowest BCUT2D eigenvalue weighted by Gasteiger charge is -2.17. The lowest BCUT2D eigenvalue weighted by atomic mass is 10.2. The molecule has 1 heterocycles. The quantitative estimate of drug-likeness (QED) is 0.892. The molecule has 0 radical (unpaired) electrons. The zero-order valence-electron chi connectivity index (χ0n) is 11.5. The summed E-state index contributed by atoms with van der Waals surface area (Å²) in [6, 6.07) is 9.98. The molecule has 0 amide bonds. The van der Waals surface area contributed by atoms with E-state index in [0.29, 0.717) is 11.9 Å². The van der Waals surface area contributed by atoms with Gasteiger partial charge in [-0.15, -0.1) is 5.10 Å². The van der Waals surface area contributed by atoms with Gasteiger partial charge in [0.2, 0.25) is 0 Å². The van der Waals surface area contributed by atoms with Crippen molar-refractivity contribution in [3.63, 3.8) is 0 Å². The smallest absolute Gasteiger partial charge is 0.251 e. The number of anilines is 3. The van der Waals surface area contributed by atoms with Gasteiger partial charge in [0.1, 0.15) is 0 Å². The maximum atomic E-state index is 4.46. The summed E-state index contributed by atoms with van der Waals surface area (Å²) in [7, 11) is 1.93. The Kier molecular flexibility index (Phi) is 4.28. The van der Waals surface area contributed by atoms with Crippen LogP contribution in [0.4, 0.5) is 17.5 Å². The van der Waals surface area contributed by atoms with Gasteiger partial charge in [-0.05, 0) is 18.1 Å². The van der Waals surface area contributed by atoms with E-state index in [1.54, 1.807) is 6.20 Å². The Labute approximate surface area is 113 Å². The number of nitrogens with zero attached hydrogens (tertiary/aromatic N) is 4. The summed E-state index contributed by atoms with van der Waals surface area (Å²) in [5.74, 6) is 1.90. The van der Waals surface area contributed by atoms with Crippen molar-refractivity contribution < 1.29 is 0 Å². The molecule has 0 aliphatic heterocycles. The van der Waals surface area contributed by atoms with Crippen LogP contribution in [0.5, 0.6) is 0 Å². The molecular weight excluding hydrogens is 238 g/mol. The van der Waals surface area contributed by atoms with Crippen LogP contribution in [-0.2, 0) is 0 Å². The van der Waals surface area contributed by atoms with E-state index in [0.717, 1.165) is 18.1 Å². The molecule has 5 heteroatoms. The molecule has 0 spiro atoms. The van der Waals surface area contributed by atoms with Gasteiger partial charge < -0.3 is 10.2 Å². The standard InChI is InChI=1S/C14H19N5/c1-11(2)9-15-13-10-16-18-14(17-13)19(3)12-7-5-4-6-8-12/h4-8,10-11H,9H2,1-3H3,(H,15,17,18). The molecule has 0 saturated heterocycles. The van der Waals surface area contributed by atoms with E-state index in [4.69, 9.17) is 0 Å². The highest BCUT2D eigenvalue weighted by Gasteiger charge is 2.08. The zero-order chi connectivity index (χ0) is 13.7. The highest BCUT2D eigenvalue weighted by molar-refractivity contribution is 5.56. The van der Waals surface area contributed by atoms with Gasteiger partial charge in [-0.2, -0.15) is 10.1 Å². The van der Waals surface area contributed by atoms with Crippen LogP contribution < -0.4 is 10.2 Å². The van der Waals surface area contributed by atoms with E-state index in [1.165, 1.54) is 0 Å². The van der Waals surface area contributed by atoms with Gasteiger partial charge in [-0.25, -0.2) is 0 Å². The molecule has 1 aromatic heterocycles. The molecule has 2 rings (SSSR count). The van der Waals surface area contributed by atoms with E-state index < -0.39 is 0 Å². The lowest BCUT2D eigenvalue weighted by Crippen LogP contribution is -2.16. The highest BCUT2D eigenvalue weighted by atomic mass is 15.3. The average Bonchev–Trinajstić information content (AvgIpc) is 2.45. The third kappa shape index (κ3) is 3.64. The molecule has 0 fully saturated rings. The molecule has 0 unspecified atom stereocenters. The van der Waals surface area contributed by atoms with Crippen molar-refractivity contribution >= 4 is 17.5 Å². The van der Waals surface area contributed by atoms with Crippen molar-refractivity contribution in [2.75, 3.05) is 23.8 Å². The van der Waals surface area contributed by atoms with E-state index in [9.17, 15) is 0 Å². The van der Waals surface area contributed by atoms with Crippen LogP contribution in [0, 0.1) is 5.92 Å². The van der Waals surface area contributed by atoms with Crippen molar-refractivity contribution in [3.05, 3.63) is 36.5 Å². The molecule has 2 aromatic rings. The van der Waals surface area contributed by atoms with Crippen molar-refractivity contribution in [2.24, 2.45) is 5.92 Å². The Bertz CT molecular complexity index is 512. The SMILES string of the molecule is CC(C)CNc1cnnc(N(C)c2ccccc2)n1. The lowest BCUT2D eigenvalue weighted by molar-refractivity contribution is 0.686. The number of nitrogens with one attached hydrogen (secondary N) is 1. The Hall–Kier alpha value is -2.17. The van der Waals surface area contributed by atoms with Crippen molar-refractivity contribution in [1.29, 1.82) is 0 Å². The Morgan fingerprint density at radius 1 is 1.21 bits per heavy atom. The summed E-state index contributed by atoms with van der Waals surface area (Å²) in [6.45, 7) is 5.17. The van der Waals surface area contributed by atoms with Crippen molar-refractivity contribution in [1.82, 2.24) is 15.2 Å². The van der Waals surface area contributed by atoms with Crippen LogP contribution in [0.25, 0.3) is 0 Å². The Morgan fingerprint density at radius 3 is 2.63 bits per heavy atom. The van der Waals surface area contributed by atoms with Crippen LogP contribution in [0.3, 0.4) is 0 Å². The van der Waals surface area contributed by atoms with Crippen molar-refractivity contribution in [2.45, 2.75) is 13.8 Å². The maximum Gasteiger partial charge on any atom is 0.251 e. The molecule has 0 aliphatic carbocycles. The molecule has 0 atom stereocenters. The largest absolute Gasteiger partial charge is 0.368 e. The molecule has 5 nitrogen and oxygen atoms in total. The summed E-state index contributed by atoms with van der Waals surface area (Å²) >= 11 is 0. The van der Waals surface area contributed by atoms with Crippen LogP contribution in [0.1, 0.15) is 13.8 Å². The molecule has 19 heavy (non-hydrogen) atoms. The number of hydrogen-bond acceptors (Lipinski definition) is 5. The normalized spacial score (nSPS) is 10.5. The fourth-order valence-corrected chi connectivity index (χ4v) is 1.60. The summed E-state index contributed by atoms with van der Waals surface area (Å²) in [5, 5.41) is 11.3. The van der Waals surface area contributed by atoms with E-state index >= 15 is 0 Å². The molecule has 0 bridgehead atoms. The van der Waals surface area contributed by atoms with E-state index in [2.05, 4.69) is 34.3 Å². The van der Waals surface area contributed by atoms with Crippen LogP contribution in [0.2, 0.25) is 0 Å². The first-order valence-corrected chi connectivity index (χ1v) is 6.39. The predicted octanol–water partition coefficient (Wildman–Crippen LogP) is 2.71. The summed E-state index contributed by atoms with van der Waals surface area (Å²) in [5.41, 5.74) is 1.03. The second-order valence-corrected chi connectivity index (χ2v) is 4.81. The summed E-state index contributed by atoms with van der Waals surface area (Å²) in [4.78, 5) is 6.37. The Morgan fingerprint density at radius 2 is 1.95 bits per heavy atom. The Balaban J connectivity index is 2.14. The second kappa shape index (κ2) is 6.13. The van der Waals surface area contributed by atoms with Crippen LogP contribution >= 0.6 is 0 Å². The van der Waals surface area contributed by atoms with E-state index in [-0.39, 0.29) is 0 Å². The zero-order valence-corrected chi connectivity index (χ0v) is 11.5. The minimum absolute atomic E-state index is 0.560. The number of hydrogen-bond donors (Lipinski definition) is 1. The van der Waals surface area contributed by atoms with Gasteiger partial charge in [0.15, 0.2) is 5.82 Å². The first kappa shape index (κ1) is 13.3. The van der Waals surface area contributed by atoms with E-state index in [1.807, 2.05) is 42.3 Å². The number of para-hydroxylation sites is 1. The van der Waals surface area contributed by atoms with Gasteiger partial charge in [-0.3, -0.25) is 0 Å². The second-order valence-electron chi connectivity index (χ2n) is 4.81. The molecular formula is C14H19N5. The third-order valence-corrected chi connectivity index (χ3v) is 2.68. The maximum absolute atomic E-state index is 4.46. The summed E-state index contributed by atoms with van der Waals surface area (Å²) in [6.07, 6.45) is 1.64. The first-order chi connectivity index (χ1) is 9.16. The predicted molar refractivity (Wildman–Crippen MR) is 77.7 cm³/mol. The molecule has 1 aromatic carbocycles. The molecule has 0 saturated carbocycles. The fraction of sp³-hybridized carbons (Fsp3) is 0.357. The molecule has 0 aliphatic rings.